The van der Waals surface area contributed by atoms with Gasteiger partial charge in [-0.15, -0.1) is 0 Å². The van der Waals surface area contributed by atoms with Crippen LogP contribution < -0.4 is 10.9 Å². The molecule has 2 rings (SSSR count). The Kier molecular flexibility index (Phi) is 5.24. The molecule has 0 aliphatic heterocycles. The van der Waals surface area contributed by atoms with Gasteiger partial charge < -0.3 is 14.7 Å². The van der Waals surface area contributed by atoms with Crippen LogP contribution in [0.1, 0.15) is 53.3 Å². The first-order chi connectivity index (χ1) is 11.3. The predicted octanol–water partition coefficient (Wildman–Crippen LogP) is 2.57. The molecule has 6 heteroatoms. The van der Waals surface area contributed by atoms with Crippen LogP contribution in [0.2, 0.25) is 0 Å². The maximum absolute atomic E-state index is 12.2. The number of aromatic amines is 1. The highest BCUT2D eigenvalue weighted by Gasteiger charge is 2.16. The van der Waals surface area contributed by atoms with Gasteiger partial charge in [-0.3, -0.25) is 9.59 Å². The Morgan fingerprint density at radius 2 is 2.08 bits per heavy atom. The van der Waals surface area contributed by atoms with Crippen LogP contribution in [-0.2, 0) is 11.2 Å². The SMILES string of the molecule is Cc1ccc([C@H](C)NC(=O)CCc2c(C)[nH]c(=O)c(C#N)c2C)o1. The molecule has 2 aromatic rings. The van der Waals surface area contributed by atoms with Crippen LogP contribution in [0, 0.1) is 32.1 Å². The van der Waals surface area contributed by atoms with Crippen molar-refractivity contribution in [1.82, 2.24) is 10.3 Å². The van der Waals surface area contributed by atoms with Crippen molar-refractivity contribution in [1.29, 1.82) is 5.26 Å². The molecule has 2 heterocycles. The Morgan fingerprint density at radius 1 is 1.38 bits per heavy atom. The number of H-pyrrole nitrogens is 1. The van der Waals surface area contributed by atoms with Crippen LogP contribution in [0.5, 0.6) is 0 Å². The number of amides is 1. The van der Waals surface area contributed by atoms with Crippen molar-refractivity contribution in [3.8, 4) is 6.07 Å². The number of carbonyl (C=O) groups excluding carboxylic acids is 1. The molecule has 1 atom stereocenters. The third-order valence-electron chi connectivity index (χ3n) is 4.09. The Labute approximate surface area is 140 Å². The van der Waals surface area contributed by atoms with Gasteiger partial charge in [-0.25, -0.2) is 0 Å². The van der Waals surface area contributed by atoms with Gasteiger partial charge in [0.25, 0.3) is 5.56 Å². The van der Waals surface area contributed by atoms with Crippen molar-refractivity contribution < 1.29 is 9.21 Å². The maximum atomic E-state index is 12.2. The number of hydrogen-bond acceptors (Lipinski definition) is 4. The largest absolute Gasteiger partial charge is 0.464 e. The number of aromatic nitrogens is 1. The van der Waals surface area contributed by atoms with Crippen LogP contribution in [-0.4, -0.2) is 10.9 Å². The van der Waals surface area contributed by atoms with Gasteiger partial charge in [-0.2, -0.15) is 5.26 Å². The number of carbonyl (C=O) groups is 1. The zero-order valence-corrected chi connectivity index (χ0v) is 14.3. The summed E-state index contributed by atoms with van der Waals surface area (Å²) in [5.74, 6) is 1.40. The fourth-order valence-corrected chi connectivity index (χ4v) is 2.73. The lowest BCUT2D eigenvalue weighted by molar-refractivity contribution is -0.121. The quantitative estimate of drug-likeness (QED) is 0.881. The van der Waals surface area contributed by atoms with Crippen LogP contribution >= 0.6 is 0 Å². The fraction of sp³-hybridized carbons (Fsp3) is 0.389. The van der Waals surface area contributed by atoms with E-state index in [0.29, 0.717) is 23.4 Å². The van der Waals surface area contributed by atoms with Crippen molar-refractivity contribution in [3.05, 3.63) is 56.4 Å². The van der Waals surface area contributed by atoms with Gasteiger partial charge in [0.2, 0.25) is 5.91 Å². The maximum Gasteiger partial charge on any atom is 0.266 e. The van der Waals surface area contributed by atoms with E-state index >= 15 is 0 Å². The van der Waals surface area contributed by atoms with E-state index in [-0.39, 0.29) is 29.5 Å². The fourth-order valence-electron chi connectivity index (χ4n) is 2.73. The van der Waals surface area contributed by atoms with E-state index in [2.05, 4.69) is 10.3 Å². The number of nitrogens with zero attached hydrogens (tertiary/aromatic N) is 1. The van der Waals surface area contributed by atoms with Gasteiger partial charge in [0.15, 0.2) is 0 Å². The Morgan fingerprint density at radius 3 is 2.67 bits per heavy atom. The number of aryl methyl sites for hydroxylation is 2. The summed E-state index contributed by atoms with van der Waals surface area (Å²) in [5.41, 5.74) is 1.89. The summed E-state index contributed by atoms with van der Waals surface area (Å²) in [6.45, 7) is 7.23. The summed E-state index contributed by atoms with van der Waals surface area (Å²) in [6, 6.07) is 5.41. The Balaban J connectivity index is 2.05. The lowest BCUT2D eigenvalue weighted by Gasteiger charge is -2.13. The van der Waals surface area contributed by atoms with E-state index in [4.69, 9.17) is 9.68 Å². The molecule has 6 nitrogen and oxygen atoms in total. The van der Waals surface area contributed by atoms with E-state index in [0.717, 1.165) is 11.3 Å². The summed E-state index contributed by atoms with van der Waals surface area (Å²) in [7, 11) is 0. The van der Waals surface area contributed by atoms with Crippen molar-refractivity contribution in [3.63, 3.8) is 0 Å². The highest BCUT2D eigenvalue weighted by molar-refractivity contribution is 5.76. The normalized spacial score (nSPS) is 11.8. The minimum Gasteiger partial charge on any atom is -0.464 e. The molecule has 0 radical (unpaired) electrons. The number of hydrogen-bond donors (Lipinski definition) is 2. The predicted molar refractivity (Wildman–Crippen MR) is 89.6 cm³/mol. The molecule has 1 amide bonds. The van der Waals surface area contributed by atoms with E-state index in [1.165, 1.54) is 0 Å². The second-order valence-corrected chi connectivity index (χ2v) is 5.91. The molecule has 126 valence electrons. The first-order valence-corrected chi connectivity index (χ1v) is 7.81. The summed E-state index contributed by atoms with van der Waals surface area (Å²) >= 11 is 0. The molecular weight excluding hydrogens is 306 g/mol. The van der Waals surface area contributed by atoms with Crippen LogP contribution in [0.4, 0.5) is 0 Å². The molecular formula is C18H21N3O3. The van der Waals surface area contributed by atoms with Crippen molar-refractivity contribution in [2.75, 3.05) is 0 Å². The first-order valence-electron chi connectivity index (χ1n) is 7.81. The third-order valence-corrected chi connectivity index (χ3v) is 4.09. The Hall–Kier alpha value is -2.81. The second kappa shape index (κ2) is 7.18. The Bertz CT molecular complexity index is 855. The van der Waals surface area contributed by atoms with Gasteiger partial charge in [-0.05, 0) is 57.4 Å². The van der Waals surface area contributed by atoms with Crippen molar-refractivity contribution >= 4 is 5.91 Å². The number of furan rings is 1. The molecule has 0 fully saturated rings. The van der Waals surface area contributed by atoms with Crippen molar-refractivity contribution in [2.24, 2.45) is 0 Å². The lowest BCUT2D eigenvalue weighted by atomic mass is 9.99. The minimum atomic E-state index is -0.387. The molecule has 0 saturated carbocycles. The molecule has 0 unspecified atom stereocenters. The molecule has 24 heavy (non-hydrogen) atoms. The number of pyridine rings is 1. The molecule has 0 aliphatic rings. The topological polar surface area (TPSA) is 98.9 Å². The smallest absolute Gasteiger partial charge is 0.266 e. The van der Waals surface area contributed by atoms with Crippen LogP contribution in [0.25, 0.3) is 0 Å². The standard InChI is InChI=1S/C18H21N3O3/c1-10-5-7-16(24-10)13(4)20-17(22)8-6-14-11(2)15(9-19)18(23)21-12(14)3/h5,7,13H,6,8H2,1-4H3,(H,20,22)(H,21,23)/t13-/m0/s1. The number of rotatable bonds is 5. The molecule has 0 bridgehead atoms. The van der Waals surface area contributed by atoms with Crippen LogP contribution in [0.3, 0.4) is 0 Å². The lowest BCUT2D eigenvalue weighted by Crippen LogP contribution is -2.27. The zero-order chi connectivity index (χ0) is 17.9. The monoisotopic (exact) mass is 327 g/mol. The van der Waals surface area contributed by atoms with Crippen molar-refractivity contribution in [2.45, 2.75) is 46.6 Å². The number of nitrogens with one attached hydrogen (secondary N) is 2. The van der Waals surface area contributed by atoms with E-state index in [1.807, 2.05) is 32.0 Å². The van der Waals surface area contributed by atoms with E-state index < -0.39 is 0 Å². The van der Waals surface area contributed by atoms with Gasteiger partial charge >= 0.3 is 0 Å². The molecule has 0 saturated heterocycles. The molecule has 2 N–H and O–H groups in total. The van der Waals surface area contributed by atoms with E-state index in [1.54, 1.807) is 13.8 Å². The molecule has 0 aliphatic carbocycles. The summed E-state index contributed by atoms with van der Waals surface area (Å²) in [6.07, 6.45) is 0.724. The average molecular weight is 327 g/mol. The molecule has 0 spiro atoms. The van der Waals surface area contributed by atoms with Gasteiger partial charge in [0.05, 0.1) is 6.04 Å². The minimum absolute atomic E-state index is 0.107. The highest BCUT2D eigenvalue weighted by atomic mass is 16.3. The van der Waals surface area contributed by atoms with Gasteiger partial charge in [-0.1, -0.05) is 0 Å². The molecule has 0 aromatic carbocycles. The van der Waals surface area contributed by atoms with Crippen LogP contribution in [0.15, 0.2) is 21.3 Å². The van der Waals surface area contributed by atoms with Gasteiger partial charge in [0, 0.05) is 12.1 Å². The summed E-state index contributed by atoms with van der Waals surface area (Å²) in [4.78, 5) is 26.5. The first kappa shape index (κ1) is 17.5. The summed E-state index contributed by atoms with van der Waals surface area (Å²) < 4.78 is 5.50. The summed E-state index contributed by atoms with van der Waals surface area (Å²) in [5, 5.41) is 12.0. The third kappa shape index (κ3) is 3.74. The zero-order valence-electron chi connectivity index (χ0n) is 14.3. The molecule has 2 aromatic heterocycles. The average Bonchev–Trinajstić information content (AvgIpc) is 2.93. The van der Waals surface area contributed by atoms with E-state index in [9.17, 15) is 9.59 Å². The second-order valence-electron chi connectivity index (χ2n) is 5.91. The number of nitriles is 1. The highest BCUT2D eigenvalue weighted by Crippen LogP contribution is 2.17. The van der Waals surface area contributed by atoms with Gasteiger partial charge in [0.1, 0.15) is 23.2 Å².